The summed E-state index contributed by atoms with van der Waals surface area (Å²) in [4.78, 5) is 30.6. The van der Waals surface area contributed by atoms with Crippen LogP contribution in [0.15, 0.2) is 48.8 Å². The Hall–Kier alpha value is -3.75. The zero-order valence-electron chi connectivity index (χ0n) is 19.8. The molecule has 0 saturated heterocycles. The summed E-state index contributed by atoms with van der Waals surface area (Å²) in [5.41, 5.74) is 2.84. The number of ketones is 1. The fraction of sp³-hybridized carbons (Fsp3) is 0.320. The predicted molar refractivity (Wildman–Crippen MR) is 135 cm³/mol. The van der Waals surface area contributed by atoms with Crippen LogP contribution >= 0.6 is 0 Å². The number of amides is 1. The van der Waals surface area contributed by atoms with Crippen LogP contribution in [0.2, 0.25) is 0 Å². The maximum atomic E-state index is 12.8. The Morgan fingerprint density at radius 3 is 2.59 bits per heavy atom. The molecule has 3 aromatic rings. The Morgan fingerprint density at radius 1 is 1.15 bits per heavy atom. The third-order valence-corrected chi connectivity index (χ3v) is 5.11. The molecule has 34 heavy (non-hydrogen) atoms. The van der Waals surface area contributed by atoms with Crippen LogP contribution in [0.25, 0.3) is 0 Å². The Morgan fingerprint density at radius 2 is 1.91 bits per heavy atom. The van der Waals surface area contributed by atoms with E-state index in [2.05, 4.69) is 15.4 Å². The zero-order chi connectivity index (χ0) is 24.5. The van der Waals surface area contributed by atoms with Gasteiger partial charge in [-0.25, -0.2) is 9.67 Å². The van der Waals surface area contributed by atoms with Crippen LogP contribution in [0, 0.1) is 0 Å². The number of rotatable bonds is 12. The second kappa shape index (κ2) is 11.9. The van der Waals surface area contributed by atoms with Gasteiger partial charge in [-0.15, -0.1) is 5.10 Å². The van der Waals surface area contributed by atoms with Crippen molar-refractivity contribution >= 4 is 36.6 Å². The molecule has 0 atom stereocenters. The van der Waals surface area contributed by atoms with Gasteiger partial charge < -0.3 is 0 Å². The number of benzene rings is 2. The van der Waals surface area contributed by atoms with Crippen molar-refractivity contribution in [2.75, 3.05) is 23.9 Å². The number of hydrogen-bond acceptors (Lipinski definition) is 6. The fourth-order valence-corrected chi connectivity index (χ4v) is 3.27. The predicted octanol–water partition coefficient (Wildman–Crippen LogP) is 3.71. The first-order valence-electron chi connectivity index (χ1n) is 11.3. The number of Topliss-reactive ketones (excluding diaryl/α,β-unsaturated/α-hetero) is 1. The summed E-state index contributed by atoms with van der Waals surface area (Å²) < 4.78 is 7.40. The third kappa shape index (κ3) is 6.40. The molecular formula is C25H29BN5O3. The van der Waals surface area contributed by atoms with Crippen molar-refractivity contribution < 1.29 is 14.3 Å². The van der Waals surface area contributed by atoms with E-state index in [0.29, 0.717) is 42.3 Å². The second-order valence-corrected chi connectivity index (χ2v) is 7.88. The zero-order valence-corrected chi connectivity index (χ0v) is 19.8. The first kappa shape index (κ1) is 24.9. The summed E-state index contributed by atoms with van der Waals surface area (Å²) >= 11 is 0. The van der Waals surface area contributed by atoms with Gasteiger partial charge in [-0.3, -0.25) is 4.79 Å². The molecule has 1 heterocycles. The maximum absolute atomic E-state index is 12.8. The number of nitrogens with zero attached hydrogens (tertiary/aromatic N) is 4. The molecule has 1 N–H and O–H groups in total. The van der Waals surface area contributed by atoms with E-state index in [-0.39, 0.29) is 17.5 Å². The van der Waals surface area contributed by atoms with Crippen molar-refractivity contribution in [2.45, 2.75) is 39.7 Å². The number of nitrogens with one attached hydrogen (secondary N) is 1. The molecule has 0 unspecified atom stereocenters. The van der Waals surface area contributed by atoms with Crippen LogP contribution in [0.1, 0.15) is 59.7 Å². The summed E-state index contributed by atoms with van der Waals surface area (Å²) in [5, 5.41) is 7.16. The molecule has 0 spiro atoms. The molecule has 0 fully saturated rings. The van der Waals surface area contributed by atoms with Crippen LogP contribution in [0.4, 0.5) is 11.4 Å². The minimum absolute atomic E-state index is 0.0528. The molecule has 0 aliphatic rings. The topological polar surface area (TPSA) is 89.4 Å². The first-order valence-corrected chi connectivity index (χ1v) is 11.3. The van der Waals surface area contributed by atoms with Crippen LogP contribution in [0.5, 0.6) is 5.75 Å². The van der Waals surface area contributed by atoms with Crippen molar-refractivity contribution in [3.8, 4) is 5.75 Å². The van der Waals surface area contributed by atoms with Gasteiger partial charge in [0.15, 0.2) is 0 Å². The summed E-state index contributed by atoms with van der Waals surface area (Å²) in [7, 11) is 7.47. The third-order valence-electron chi connectivity index (χ3n) is 5.11. The number of carbonyl (C=O) groups excluding carboxylic acids is 2. The van der Waals surface area contributed by atoms with Crippen molar-refractivity contribution in [2.24, 2.45) is 0 Å². The van der Waals surface area contributed by atoms with Gasteiger partial charge in [0.2, 0.25) is 11.6 Å². The average molecular weight is 458 g/mol. The van der Waals surface area contributed by atoms with Gasteiger partial charge in [0.1, 0.15) is 6.33 Å². The van der Waals surface area contributed by atoms with Gasteiger partial charge in [-0.2, -0.15) is 0 Å². The molecule has 1 aromatic heterocycles. The summed E-state index contributed by atoms with van der Waals surface area (Å²) in [6, 6.07) is 12.7. The standard InChI is InChI=1S/C25H29BN5O3/c1-4-6-22(32)24-27-17-31(29-24)15-18-7-10-20(11-8-18)28-25(33)19-9-12-23(34-13-5-2)21(14-19)30(3)16-26/h7-12,14,16-17H,4-6,13,15H2,1-3H3,(H,28,33). The van der Waals surface area contributed by atoms with E-state index < -0.39 is 0 Å². The average Bonchev–Trinajstić information content (AvgIpc) is 3.32. The van der Waals surface area contributed by atoms with E-state index in [9.17, 15) is 9.59 Å². The van der Waals surface area contributed by atoms with E-state index in [0.717, 1.165) is 18.4 Å². The molecule has 3 rings (SSSR count). The van der Waals surface area contributed by atoms with E-state index in [1.54, 1.807) is 41.2 Å². The van der Waals surface area contributed by atoms with E-state index >= 15 is 0 Å². The normalized spacial score (nSPS) is 10.5. The molecule has 175 valence electrons. The van der Waals surface area contributed by atoms with Gasteiger partial charge in [-0.1, -0.05) is 6.92 Å². The molecule has 0 saturated carbocycles. The summed E-state index contributed by atoms with van der Waals surface area (Å²) in [6.07, 6.45) is 5.06. The number of aromatic nitrogens is 3. The van der Waals surface area contributed by atoms with Gasteiger partial charge in [0.25, 0.3) is 0 Å². The SMILES string of the molecule is [B]=CN(C)c1cc(C(=O)Nc2ccc(Cn3cnc(C(=O)CCC)n3)cc2)ccc1OCCC. The van der Waals surface area contributed by atoms with Crippen LogP contribution in [-0.4, -0.2) is 53.7 Å². The molecule has 9 heteroatoms. The number of carbonyl (C=O) groups is 2. The molecule has 2 aromatic carbocycles. The minimum atomic E-state index is -0.239. The second-order valence-electron chi connectivity index (χ2n) is 7.88. The van der Waals surface area contributed by atoms with Gasteiger partial charge in [0.05, 0.1) is 0 Å². The molecule has 0 aliphatic carbocycles. The fourth-order valence-electron chi connectivity index (χ4n) is 3.27. The monoisotopic (exact) mass is 458 g/mol. The molecule has 1 radical (unpaired) electrons. The molecule has 8 nitrogen and oxygen atoms in total. The van der Waals surface area contributed by atoms with E-state index in [1.165, 1.54) is 6.09 Å². The van der Waals surface area contributed by atoms with Crippen molar-refractivity contribution in [3.05, 3.63) is 65.7 Å². The number of ether oxygens (including phenoxy) is 1. The van der Waals surface area contributed by atoms with Crippen molar-refractivity contribution in [1.82, 2.24) is 14.8 Å². The first-order chi connectivity index (χ1) is 16.4. The molecule has 0 aliphatic heterocycles. The van der Waals surface area contributed by atoms with Gasteiger partial charge in [-0.05, 0) is 6.42 Å². The van der Waals surface area contributed by atoms with Gasteiger partial charge >= 0.3 is 143 Å². The van der Waals surface area contributed by atoms with Crippen LogP contribution < -0.4 is 15.0 Å². The Bertz CT molecular complexity index is 1140. The van der Waals surface area contributed by atoms with Gasteiger partial charge in [0, 0.05) is 6.42 Å². The molecule has 0 bridgehead atoms. The Kier molecular flexibility index (Phi) is 8.73. The molecule has 1 amide bonds. The van der Waals surface area contributed by atoms with Crippen LogP contribution in [0.3, 0.4) is 0 Å². The van der Waals surface area contributed by atoms with Crippen LogP contribution in [-0.2, 0) is 6.54 Å². The van der Waals surface area contributed by atoms with E-state index in [1.807, 2.05) is 38.1 Å². The molecular weight excluding hydrogens is 429 g/mol. The summed E-state index contributed by atoms with van der Waals surface area (Å²) in [6.45, 7) is 5.03. The van der Waals surface area contributed by atoms with Crippen molar-refractivity contribution in [3.63, 3.8) is 0 Å². The number of hydrogen-bond donors (Lipinski definition) is 1. The van der Waals surface area contributed by atoms with E-state index in [4.69, 9.17) is 12.2 Å². The number of anilines is 2. The quantitative estimate of drug-likeness (QED) is 0.329. The Labute approximate surface area is 201 Å². The van der Waals surface area contributed by atoms with Crippen molar-refractivity contribution in [1.29, 1.82) is 0 Å². The summed E-state index contributed by atoms with van der Waals surface area (Å²) in [5.74, 6) is 0.619. The Balaban J connectivity index is 1.66.